The number of hydrogen-bond donors (Lipinski definition) is 2. The summed E-state index contributed by atoms with van der Waals surface area (Å²) in [7, 11) is 0. The molecule has 3 aromatic heterocycles. The SMILES string of the molecule is CC(C)COc1ncccc1-c1nc2c([nH]1)c(=O)[nH]c(=O)n2C(C)C. The van der Waals surface area contributed by atoms with Gasteiger partial charge in [0.25, 0.3) is 5.56 Å². The molecule has 132 valence electrons. The Morgan fingerprint density at radius 3 is 2.64 bits per heavy atom. The average Bonchev–Trinajstić information content (AvgIpc) is 2.98. The minimum absolute atomic E-state index is 0.145. The van der Waals surface area contributed by atoms with E-state index in [-0.39, 0.29) is 11.6 Å². The largest absolute Gasteiger partial charge is 0.477 e. The molecule has 0 aliphatic carbocycles. The van der Waals surface area contributed by atoms with Crippen LogP contribution in [0.3, 0.4) is 0 Å². The number of aromatic nitrogens is 5. The highest BCUT2D eigenvalue weighted by molar-refractivity contribution is 5.76. The van der Waals surface area contributed by atoms with Crippen LogP contribution in [0.5, 0.6) is 5.88 Å². The van der Waals surface area contributed by atoms with Gasteiger partial charge in [0.2, 0.25) is 5.88 Å². The lowest BCUT2D eigenvalue weighted by Crippen LogP contribution is -2.31. The summed E-state index contributed by atoms with van der Waals surface area (Å²) in [6.07, 6.45) is 1.64. The second-order valence-electron chi connectivity index (χ2n) is 6.57. The van der Waals surface area contributed by atoms with Crippen molar-refractivity contribution in [3.8, 4) is 17.3 Å². The fourth-order valence-electron chi connectivity index (χ4n) is 2.55. The fraction of sp³-hybridized carbons (Fsp3) is 0.412. The molecule has 0 aromatic carbocycles. The van der Waals surface area contributed by atoms with E-state index in [0.29, 0.717) is 35.4 Å². The van der Waals surface area contributed by atoms with Gasteiger partial charge in [-0.2, -0.15) is 0 Å². The minimum atomic E-state index is -0.496. The van der Waals surface area contributed by atoms with Gasteiger partial charge in [-0.15, -0.1) is 0 Å². The van der Waals surface area contributed by atoms with E-state index < -0.39 is 11.2 Å². The number of pyridine rings is 1. The molecule has 3 aromatic rings. The zero-order chi connectivity index (χ0) is 18.1. The maximum absolute atomic E-state index is 12.1. The number of imidazole rings is 1. The van der Waals surface area contributed by atoms with Crippen LogP contribution in [0.15, 0.2) is 27.9 Å². The van der Waals surface area contributed by atoms with Crippen LogP contribution < -0.4 is 16.0 Å². The normalized spacial score (nSPS) is 11.6. The fourth-order valence-corrected chi connectivity index (χ4v) is 2.55. The maximum atomic E-state index is 12.1. The minimum Gasteiger partial charge on any atom is -0.477 e. The highest BCUT2D eigenvalue weighted by Crippen LogP contribution is 2.27. The number of ether oxygens (including phenoxy) is 1. The van der Waals surface area contributed by atoms with Crippen LogP contribution in [0, 0.1) is 5.92 Å². The van der Waals surface area contributed by atoms with E-state index in [2.05, 4.69) is 19.9 Å². The van der Waals surface area contributed by atoms with Gasteiger partial charge in [-0.05, 0) is 31.9 Å². The second kappa shape index (κ2) is 6.54. The Morgan fingerprint density at radius 2 is 1.96 bits per heavy atom. The summed E-state index contributed by atoms with van der Waals surface area (Å²) in [5, 5.41) is 0. The van der Waals surface area contributed by atoms with Crippen LogP contribution in [-0.4, -0.2) is 31.1 Å². The zero-order valence-electron chi connectivity index (χ0n) is 14.7. The number of nitrogens with zero attached hydrogens (tertiary/aromatic N) is 3. The van der Waals surface area contributed by atoms with E-state index in [4.69, 9.17) is 4.74 Å². The van der Waals surface area contributed by atoms with Crippen LogP contribution in [0.4, 0.5) is 0 Å². The highest BCUT2D eigenvalue weighted by Gasteiger charge is 2.18. The second-order valence-corrected chi connectivity index (χ2v) is 6.57. The molecule has 0 spiro atoms. The molecule has 0 aliphatic heterocycles. The van der Waals surface area contributed by atoms with Crippen molar-refractivity contribution in [3.63, 3.8) is 0 Å². The maximum Gasteiger partial charge on any atom is 0.330 e. The van der Waals surface area contributed by atoms with Gasteiger partial charge in [-0.1, -0.05) is 13.8 Å². The summed E-state index contributed by atoms with van der Waals surface area (Å²) in [6, 6.07) is 3.44. The number of H-pyrrole nitrogens is 2. The molecule has 3 rings (SSSR count). The van der Waals surface area contributed by atoms with Crippen LogP contribution >= 0.6 is 0 Å². The third-order valence-electron chi connectivity index (χ3n) is 3.68. The number of rotatable bonds is 5. The van der Waals surface area contributed by atoms with Crippen molar-refractivity contribution in [1.82, 2.24) is 24.5 Å². The molecule has 0 radical (unpaired) electrons. The van der Waals surface area contributed by atoms with Crippen LogP contribution in [0.2, 0.25) is 0 Å². The highest BCUT2D eigenvalue weighted by atomic mass is 16.5. The Labute approximate surface area is 143 Å². The Morgan fingerprint density at radius 1 is 1.20 bits per heavy atom. The van der Waals surface area contributed by atoms with Crippen molar-refractivity contribution < 1.29 is 4.74 Å². The lowest BCUT2D eigenvalue weighted by Gasteiger charge is -2.10. The number of fused-ring (bicyclic) bond motifs is 1. The molecule has 25 heavy (non-hydrogen) atoms. The lowest BCUT2D eigenvalue weighted by molar-refractivity contribution is 0.262. The smallest absolute Gasteiger partial charge is 0.330 e. The predicted octanol–water partition coefficient (Wildman–Crippen LogP) is 2.09. The van der Waals surface area contributed by atoms with E-state index in [1.807, 2.05) is 33.8 Å². The van der Waals surface area contributed by atoms with Crippen molar-refractivity contribution in [2.45, 2.75) is 33.7 Å². The first kappa shape index (κ1) is 16.9. The number of nitrogens with one attached hydrogen (secondary N) is 2. The van der Waals surface area contributed by atoms with Crippen molar-refractivity contribution >= 4 is 11.2 Å². The van der Waals surface area contributed by atoms with Gasteiger partial charge in [-0.25, -0.2) is 14.8 Å². The van der Waals surface area contributed by atoms with E-state index in [1.54, 1.807) is 12.3 Å². The lowest BCUT2D eigenvalue weighted by atomic mass is 10.2. The Bertz CT molecular complexity index is 1010. The number of hydrogen-bond acceptors (Lipinski definition) is 5. The molecule has 0 atom stereocenters. The van der Waals surface area contributed by atoms with Crippen LogP contribution in [-0.2, 0) is 0 Å². The summed E-state index contributed by atoms with van der Waals surface area (Å²) in [5.74, 6) is 1.22. The third kappa shape index (κ3) is 3.19. The van der Waals surface area contributed by atoms with E-state index in [0.717, 1.165) is 0 Å². The molecule has 0 fully saturated rings. The molecular weight excluding hydrogens is 322 g/mol. The van der Waals surface area contributed by atoms with Gasteiger partial charge in [0.15, 0.2) is 5.65 Å². The molecule has 0 saturated heterocycles. The number of aromatic amines is 2. The molecule has 0 unspecified atom stereocenters. The summed E-state index contributed by atoms with van der Waals surface area (Å²) in [4.78, 5) is 38.3. The molecule has 0 aliphatic rings. The molecule has 2 N–H and O–H groups in total. The van der Waals surface area contributed by atoms with Crippen LogP contribution in [0.1, 0.15) is 33.7 Å². The van der Waals surface area contributed by atoms with Gasteiger partial charge in [0, 0.05) is 12.2 Å². The zero-order valence-corrected chi connectivity index (χ0v) is 14.7. The Hall–Kier alpha value is -2.90. The Balaban J connectivity index is 2.18. The van der Waals surface area contributed by atoms with Gasteiger partial charge in [-0.3, -0.25) is 14.3 Å². The summed E-state index contributed by atoms with van der Waals surface area (Å²) in [6.45, 7) is 8.32. The topological polar surface area (TPSA) is 106 Å². The monoisotopic (exact) mass is 343 g/mol. The van der Waals surface area contributed by atoms with Crippen molar-refractivity contribution in [1.29, 1.82) is 0 Å². The molecular formula is C17H21N5O3. The van der Waals surface area contributed by atoms with Gasteiger partial charge in [0.1, 0.15) is 11.3 Å². The van der Waals surface area contributed by atoms with E-state index in [1.165, 1.54) is 4.57 Å². The Kier molecular flexibility index (Phi) is 4.43. The summed E-state index contributed by atoms with van der Waals surface area (Å²) < 4.78 is 7.20. The van der Waals surface area contributed by atoms with E-state index in [9.17, 15) is 9.59 Å². The molecule has 0 bridgehead atoms. The molecule has 8 heteroatoms. The first-order chi connectivity index (χ1) is 11.9. The van der Waals surface area contributed by atoms with Crippen molar-refractivity contribution in [2.75, 3.05) is 6.61 Å². The summed E-state index contributed by atoms with van der Waals surface area (Å²) >= 11 is 0. The van der Waals surface area contributed by atoms with Crippen molar-refractivity contribution in [2.24, 2.45) is 5.92 Å². The molecule has 0 amide bonds. The quantitative estimate of drug-likeness (QED) is 0.738. The molecule has 3 heterocycles. The van der Waals surface area contributed by atoms with Gasteiger partial charge >= 0.3 is 5.69 Å². The standard InChI is InChI=1S/C17H21N5O3/c1-9(2)8-25-16-11(6-5-7-18-16)13-19-12-14(20-13)22(10(3)4)17(24)21-15(12)23/h5-7,9-10H,8H2,1-4H3,(H,19,20)(H,21,23,24). The first-order valence-electron chi connectivity index (χ1n) is 8.21. The predicted molar refractivity (Wildman–Crippen MR) is 94.9 cm³/mol. The summed E-state index contributed by atoms with van der Waals surface area (Å²) in [5.41, 5.74) is 0.234. The molecule has 8 nitrogen and oxygen atoms in total. The van der Waals surface area contributed by atoms with Crippen molar-refractivity contribution in [3.05, 3.63) is 39.2 Å². The van der Waals surface area contributed by atoms with E-state index >= 15 is 0 Å². The van der Waals surface area contributed by atoms with Gasteiger partial charge < -0.3 is 9.72 Å². The third-order valence-corrected chi connectivity index (χ3v) is 3.68. The van der Waals surface area contributed by atoms with Crippen LogP contribution in [0.25, 0.3) is 22.6 Å². The average molecular weight is 343 g/mol. The van der Waals surface area contributed by atoms with Gasteiger partial charge in [0.05, 0.1) is 12.2 Å². The molecule has 0 saturated carbocycles. The first-order valence-corrected chi connectivity index (χ1v) is 8.21.